The maximum Gasteiger partial charge on any atom is 0.255 e. The molecular formula is C28H26N4O3S. The van der Waals surface area contributed by atoms with E-state index < -0.39 is 10.0 Å². The Labute approximate surface area is 210 Å². The molecule has 182 valence electrons. The van der Waals surface area contributed by atoms with Gasteiger partial charge in [0, 0.05) is 41.7 Å². The summed E-state index contributed by atoms with van der Waals surface area (Å²) < 4.78 is 29.4. The highest BCUT2D eigenvalue weighted by molar-refractivity contribution is 7.95. The Kier molecular flexibility index (Phi) is 6.69. The second-order valence-electron chi connectivity index (χ2n) is 8.67. The summed E-state index contributed by atoms with van der Waals surface area (Å²) in [5, 5.41) is 4.03. The summed E-state index contributed by atoms with van der Waals surface area (Å²) in [5.41, 5.74) is 4.09. The number of hydrogen-bond acceptors (Lipinski definition) is 4. The minimum atomic E-state index is -3.69. The van der Waals surface area contributed by atoms with E-state index in [1.54, 1.807) is 24.3 Å². The molecule has 0 aliphatic carbocycles. The van der Waals surface area contributed by atoms with Crippen LogP contribution < -0.4 is 10.0 Å². The number of aryl methyl sites for hydroxylation is 2. The van der Waals surface area contributed by atoms with Gasteiger partial charge in [-0.05, 0) is 60.9 Å². The lowest BCUT2D eigenvalue weighted by molar-refractivity contribution is 0.102. The van der Waals surface area contributed by atoms with Gasteiger partial charge >= 0.3 is 0 Å². The molecular weight excluding hydrogens is 472 g/mol. The van der Waals surface area contributed by atoms with Crippen molar-refractivity contribution in [3.8, 4) is 11.3 Å². The van der Waals surface area contributed by atoms with Gasteiger partial charge in [-0.15, -0.1) is 0 Å². The molecule has 0 atom stereocenters. The summed E-state index contributed by atoms with van der Waals surface area (Å²) in [6.07, 6.45) is 6.92. The molecule has 5 rings (SSSR count). The zero-order chi connectivity index (χ0) is 25.0. The number of carbonyl (C=O) groups excluding carboxylic acids is 1. The first kappa shape index (κ1) is 23.6. The smallest absolute Gasteiger partial charge is 0.255 e. The highest BCUT2D eigenvalue weighted by Crippen LogP contribution is 2.25. The van der Waals surface area contributed by atoms with Gasteiger partial charge in [-0.25, -0.2) is 13.4 Å². The molecule has 1 amide bonds. The Morgan fingerprint density at radius 3 is 2.50 bits per heavy atom. The summed E-state index contributed by atoms with van der Waals surface area (Å²) in [7, 11) is -3.69. The Morgan fingerprint density at radius 2 is 1.72 bits per heavy atom. The topological polar surface area (TPSA) is 93.1 Å². The van der Waals surface area contributed by atoms with Crippen LogP contribution >= 0.6 is 0 Å². The van der Waals surface area contributed by atoms with Crippen LogP contribution in [0, 0.1) is 0 Å². The maximum atomic E-state index is 12.8. The van der Waals surface area contributed by atoms with E-state index >= 15 is 0 Å². The third-order valence-electron chi connectivity index (χ3n) is 5.97. The van der Waals surface area contributed by atoms with Crippen molar-refractivity contribution in [2.45, 2.75) is 25.8 Å². The van der Waals surface area contributed by atoms with Gasteiger partial charge in [0.15, 0.2) is 0 Å². The SMILES string of the molecule is O=C(Nc1cccc(-c2cn3c(n2)CCCC3)c1)c1ccc(NS(=O)(=O)/C=C/c2ccccc2)cc1. The van der Waals surface area contributed by atoms with E-state index in [2.05, 4.69) is 20.8 Å². The molecule has 0 radical (unpaired) electrons. The molecule has 0 saturated heterocycles. The molecule has 2 N–H and O–H groups in total. The molecule has 0 spiro atoms. The molecule has 8 heteroatoms. The van der Waals surface area contributed by atoms with Crippen molar-refractivity contribution in [2.75, 3.05) is 10.0 Å². The lowest BCUT2D eigenvalue weighted by Gasteiger charge is -2.11. The Bertz CT molecular complexity index is 1480. The summed E-state index contributed by atoms with van der Waals surface area (Å²) in [6, 6.07) is 23.1. The van der Waals surface area contributed by atoms with E-state index in [1.807, 2.05) is 54.6 Å². The van der Waals surface area contributed by atoms with E-state index in [0.717, 1.165) is 47.4 Å². The van der Waals surface area contributed by atoms with E-state index in [0.29, 0.717) is 16.9 Å². The highest BCUT2D eigenvalue weighted by atomic mass is 32.2. The molecule has 7 nitrogen and oxygen atoms in total. The molecule has 1 aliphatic rings. The molecule has 3 aromatic carbocycles. The van der Waals surface area contributed by atoms with Crippen LogP contribution in [-0.4, -0.2) is 23.9 Å². The standard InChI is InChI=1S/C28H26N4O3S/c33-28(29-25-10-6-9-23(19-25)26-20-32-17-5-4-11-27(32)30-26)22-12-14-24(15-13-22)31-36(34,35)18-16-21-7-2-1-3-8-21/h1-3,6-10,12-16,18-20,31H,4-5,11,17H2,(H,29,33)/b18-16+. The Morgan fingerprint density at radius 1 is 0.917 bits per heavy atom. The molecule has 0 fully saturated rings. The van der Waals surface area contributed by atoms with Crippen LogP contribution in [0.5, 0.6) is 0 Å². The third-order valence-corrected chi connectivity index (χ3v) is 6.99. The fourth-order valence-corrected chi connectivity index (χ4v) is 5.00. The van der Waals surface area contributed by atoms with Crippen molar-refractivity contribution >= 4 is 33.4 Å². The van der Waals surface area contributed by atoms with Crippen LogP contribution in [0.1, 0.15) is 34.6 Å². The molecule has 1 aliphatic heterocycles. The average molecular weight is 499 g/mol. The zero-order valence-corrected chi connectivity index (χ0v) is 20.4. The van der Waals surface area contributed by atoms with E-state index in [1.165, 1.54) is 12.5 Å². The molecule has 0 bridgehead atoms. The van der Waals surface area contributed by atoms with Crippen molar-refractivity contribution in [3.05, 3.63) is 107 Å². The van der Waals surface area contributed by atoms with Crippen LogP contribution in [0.3, 0.4) is 0 Å². The van der Waals surface area contributed by atoms with Crippen LogP contribution in [0.15, 0.2) is 90.5 Å². The number of rotatable bonds is 7. The van der Waals surface area contributed by atoms with Gasteiger partial charge in [0.25, 0.3) is 15.9 Å². The van der Waals surface area contributed by atoms with Crippen molar-refractivity contribution in [1.29, 1.82) is 0 Å². The summed E-state index contributed by atoms with van der Waals surface area (Å²) in [4.78, 5) is 17.6. The number of aromatic nitrogens is 2. The monoisotopic (exact) mass is 498 g/mol. The number of carbonyl (C=O) groups is 1. The van der Waals surface area contributed by atoms with Gasteiger partial charge in [-0.2, -0.15) is 0 Å². The van der Waals surface area contributed by atoms with Gasteiger partial charge in [-0.1, -0.05) is 42.5 Å². The minimum Gasteiger partial charge on any atom is -0.334 e. The van der Waals surface area contributed by atoms with Crippen molar-refractivity contribution in [2.24, 2.45) is 0 Å². The number of imidazole rings is 1. The Hall–Kier alpha value is -4.17. The molecule has 2 heterocycles. The van der Waals surface area contributed by atoms with Gasteiger partial charge in [0.1, 0.15) is 5.82 Å². The number of benzene rings is 3. The van der Waals surface area contributed by atoms with Crippen molar-refractivity contribution < 1.29 is 13.2 Å². The van der Waals surface area contributed by atoms with E-state index in [-0.39, 0.29) is 5.91 Å². The first-order chi connectivity index (χ1) is 17.4. The molecule has 1 aromatic heterocycles. The number of amides is 1. The number of nitrogens with zero attached hydrogens (tertiary/aromatic N) is 2. The first-order valence-corrected chi connectivity index (χ1v) is 13.3. The summed E-state index contributed by atoms with van der Waals surface area (Å²) in [5.74, 6) is 0.826. The predicted molar refractivity (Wildman–Crippen MR) is 143 cm³/mol. The predicted octanol–water partition coefficient (Wildman–Crippen LogP) is 5.55. The fraction of sp³-hybridized carbons (Fsp3) is 0.143. The number of hydrogen-bond donors (Lipinski definition) is 2. The number of sulfonamides is 1. The highest BCUT2D eigenvalue weighted by Gasteiger charge is 2.14. The summed E-state index contributed by atoms with van der Waals surface area (Å²) >= 11 is 0. The van der Waals surface area contributed by atoms with E-state index in [9.17, 15) is 13.2 Å². The third kappa shape index (κ3) is 5.72. The lowest BCUT2D eigenvalue weighted by Crippen LogP contribution is -2.12. The molecule has 36 heavy (non-hydrogen) atoms. The number of anilines is 2. The van der Waals surface area contributed by atoms with Crippen LogP contribution in [-0.2, 0) is 23.0 Å². The molecule has 4 aromatic rings. The first-order valence-electron chi connectivity index (χ1n) is 11.8. The van der Waals surface area contributed by atoms with Crippen molar-refractivity contribution in [1.82, 2.24) is 9.55 Å². The van der Waals surface area contributed by atoms with Crippen LogP contribution in [0.2, 0.25) is 0 Å². The van der Waals surface area contributed by atoms with Gasteiger partial charge < -0.3 is 9.88 Å². The number of nitrogens with one attached hydrogen (secondary N) is 2. The van der Waals surface area contributed by atoms with Crippen molar-refractivity contribution in [3.63, 3.8) is 0 Å². The average Bonchev–Trinajstić information content (AvgIpc) is 3.33. The van der Waals surface area contributed by atoms with E-state index in [4.69, 9.17) is 4.98 Å². The fourth-order valence-electron chi connectivity index (χ4n) is 4.13. The minimum absolute atomic E-state index is 0.283. The van der Waals surface area contributed by atoms with Crippen LogP contribution in [0.25, 0.3) is 17.3 Å². The molecule has 0 saturated carbocycles. The second kappa shape index (κ2) is 10.2. The Balaban J connectivity index is 1.23. The number of fused-ring (bicyclic) bond motifs is 1. The van der Waals surface area contributed by atoms with Gasteiger partial charge in [0.2, 0.25) is 0 Å². The normalized spacial score (nSPS) is 13.3. The zero-order valence-electron chi connectivity index (χ0n) is 19.6. The lowest BCUT2D eigenvalue weighted by atomic mass is 10.1. The quantitative estimate of drug-likeness (QED) is 0.349. The van der Waals surface area contributed by atoms with Gasteiger partial charge in [0.05, 0.1) is 11.1 Å². The largest absolute Gasteiger partial charge is 0.334 e. The maximum absolute atomic E-state index is 12.8. The van der Waals surface area contributed by atoms with Gasteiger partial charge in [-0.3, -0.25) is 9.52 Å². The molecule has 0 unspecified atom stereocenters. The second-order valence-corrected chi connectivity index (χ2v) is 10.2. The van der Waals surface area contributed by atoms with Crippen LogP contribution in [0.4, 0.5) is 11.4 Å². The summed E-state index contributed by atoms with van der Waals surface area (Å²) in [6.45, 7) is 0.994.